The molecule has 6 nitrogen and oxygen atoms in total. The van der Waals surface area contributed by atoms with Gasteiger partial charge < -0.3 is 10.1 Å². The normalized spacial score (nSPS) is 11.0. The molecule has 0 atom stereocenters. The summed E-state index contributed by atoms with van der Waals surface area (Å²) in [7, 11) is 0. The maximum atomic E-state index is 12.0. The highest BCUT2D eigenvalue weighted by Gasteiger charge is 2.12. The molecule has 0 aromatic heterocycles. The third kappa shape index (κ3) is 6.83. The molecule has 164 valence electrons. The Kier molecular flexibility index (Phi) is 8.25. The van der Waals surface area contributed by atoms with Crippen molar-refractivity contribution in [2.24, 2.45) is 5.10 Å². The smallest absolute Gasteiger partial charge is 0.329 e. The fraction of sp³-hybridized carbons (Fsp3) is 0.125. The van der Waals surface area contributed by atoms with Crippen molar-refractivity contribution >= 4 is 40.7 Å². The summed E-state index contributed by atoms with van der Waals surface area (Å²) < 4.78 is 5.75. The third-order valence-electron chi connectivity index (χ3n) is 4.51. The molecule has 0 bridgehead atoms. The molecule has 0 unspecified atom stereocenters. The number of rotatable bonds is 7. The lowest BCUT2D eigenvalue weighted by atomic mass is 10.1. The minimum absolute atomic E-state index is 0.262. The Morgan fingerprint density at radius 1 is 0.938 bits per heavy atom. The van der Waals surface area contributed by atoms with Crippen molar-refractivity contribution in [3.05, 3.63) is 99.5 Å². The topological polar surface area (TPSA) is 79.8 Å². The second-order valence-corrected chi connectivity index (χ2v) is 7.70. The first kappa shape index (κ1) is 23.3. The van der Waals surface area contributed by atoms with E-state index >= 15 is 0 Å². The summed E-state index contributed by atoms with van der Waals surface area (Å²) in [6, 6.07) is 21.7. The van der Waals surface area contributed by atoms with E-state index in [1.54, 1.807) is 43.3 Å². The van der Waals surface area contributed by atoms with Gasteiger partial charge in [-0.25, -0.2) is 5.43 Å². The quantitative estimate of drug-likeness (QED) is 0.298. The average Bonchev–Trinajstić information content (AvgIpc) is 2.81. The zero-order chi connectivity index (χ0) is 22.9. The Morgan fingerprint density at radius 3 is 2.34 bits per heavy atom. The van der Waals surface area contributed by atoms with Crippen LogP contribution in [0.3, 0.4) is 0 Å². The lowest BCUT2D eigenvalue weighted by molar-refractivity contribution is -0.139. The molecule has 2 amide bonds. The summed E-state index contributed by atoms with van der Waals surface area (Å²) in [5, 5.41) is 7.66. The molecule has 2 N–H and O–H groups in total. The highest BCUT2D eigenvalue weighted by atomic mass is 35.5. The minimum Gasteiger partial charge on any atom is -0.489 e. The summed E-state index contributed by atoms with van der Waals surface area (Å²) in [6.45, 7) is 2.29. The van der Waals surface area contributed by atoms with Gasteiger partial charge in [-0.2, -0.15) is 5.10 Å². The minimum atomic E-state index is -0.833. The number of ether oxygens (including phenoxy) is 1. The lowest BCUT2D eigenvalue weighted by Gasteiger charge is -2.09. The summed E-state index contributed by atoms with van der Waals surface area (Å²) in [4.78, 5) is 23.9. The third-order valence-corrected chi connectivity index (χ3v) is 5.10. The van der Waals surface area contributed by atoms with Gasteiger partial charge in [0.2, 0.25) is 0 Å². The SMILES string of the molecule is C/C(=N\NC(=O)C(=O)NCc1ccccc1)c1ccc(OCc2ccc(Cl)cc2Cl)cc1. The van der Waals surface area contributed by atoms with Gasteiger partial charge in [0, 0.05) is 22.2 Å². The molecule has 3 aromatic rings. The van der Waals surface area contributed by atoms with Crippen molar-refractivity contribution in [3.8, 4) is 5.75 Å². The van der Waals surface area contributed by atoms with Gasteiger partial charge in [0.15, 0.2) is 0 Å². The van der Waals surface area contributed by atoms with Crippen molar-refractivity contribution in [1.82, 2.24) is 10.7 Å². The van der Waals surface area contributed by atoms with Gasteiger partial charge in [0.1, 0.15) is 12.4 Å². The Labute approximate surface area is 196 Å². The second-order valence-electron chi connectivity index (χ2n) is 6.86. The molecule has 8 heteroatoms. The first-order valence-corrected chi connectivity index (χ1v) is 10.5. The summed E-state index contributed by atoms with van der Waals surface area (Å²) >= 11 is 12.1. The zero-order valence-electron chi connectivity index (χ0n) is 17.3. The number of amides is 2. The van der Waals surface area contributed by atoms with Crippen molar-refractivity contribution < 1.29 is 14.3 Å². The Balaban J connectivity index is 1.50. The zero-order valence-corrected chi connectivity index (χ0v) is 18.8. The van der Waals surface area contributed by atoms with Crippen LogP contribution in [0.2, 0.25) is 10.0 Å². The Bertz CT molecular complexity index is 1120. The molecular weight excluding hydrogens is 449 g/mol. The predicted octanol–water partition coefficient (Wildman–Crippen LogP) is 4.73. The Morgan fingerprint density at radius 2 is 1.66 bits per heavy atom. The van der Waals surface area contributed by atoms with Gasteiger partial charge >= 0.3 is 11.8 Å². The molecule has 32 heavy (non-hydrogen) atoms. The highest BCUT2D eigenvalue weighted by Crippen LogP contribution is 2.23. The standard InChI is InChI=1S/C24H21Cl2N3O3/c1-16(28-29-24(31)23(30)27-14-17-5-3-2-4-6-17)18-8-11-21(12-9-18)32-15-19-7-10-20(25)13-22(19)26/h2-13H,14-15H2,1H3,(H,27,30)(H,29,31)/b28-16+. The van der Waals surface area contributed by atoms with Crippen LogP contribution in [0.15, 0.2) is 77.9 Å². The maximum absolute atomic E-state index is 12.0. The molecule has 0 aliphatic heterocycles. The van der Waals surface area contributed by atoms with E-state index in [-0.39, 0.29) is 6.54 Å². The lowest BCUT2D eigenvalue weighted by Crippen LogP contribution is -2.37. The van der Waals surface area contributed by atoms with E-state index in [0.29, 0.717) is 28.1 Å². The number of hydrogen-bond acceptors (Lipinski definition) is 4. The van der Waals surface area contributed by atoms with Crippen LogP contribution in [0.5, 0.6) is 5.75 Å². The van der Waals surface area contributed by atoms with Gasteiger partial charge in [0.05, 0.1) is 5.71 Å². The fourth-order valence-electron chi connectivity index (χ4n) is 2.70. The van der Waals surface area contributed by atoms with Crippen LogP contribution < -0.4 is 15.5 Å². The van der Waals surface area contributed by atoms with Crippen LogP contribution in [-0.4, -0.2) is 17.5 Å². The summed E-state index contributed by atoms with van der Waals surface area (Å²) in [6.07, 6.45) is 0. The van der Waals surface area contributed by atoms with E-state index in [0.717, 1.165) is 16.7 Å². The van der Waals surface area contributed by atoms with Crippen LogP contribution in [0.4, 0.5) is 0 Å². The highest BCUT2D eigenvalue weighted by molar-refractivity contribution is 6.35. The van der Waals surface area contributed by atoms with E-state index in [2.05, 4.69) is 15.8 Å². The van der Waals surface area contributed by atoms with Crippen LogP contribution in [0, 0.1) is 0 Å². The van der Waals surface area contributed by atoms with Crippen LogP contribution in [0.25, 0.3) is 0 Å². The van der Waals surface area contributed by atoms with Gasteiger partial charge in [-0.15, -0.1) is 0 Å². The molecule has 0 fully saturated rings. The molecule has 0 radical (unpaired) electrons. The van der Waals surface area contributed by atoms with E-state index < -0.39 is 11.8 Å². The summed E-state index contributed by atoms with van der Waals surface area (Å²) in [5.74, 6) is -0.938. The van der Waals surface area contributed by atoms with Crippen molar-refractivity contribution in [2.75, 3.05) is 0 Å². The van der Waals surface area contributed by atoms with Crippen molar-refractivity contribution in [3.63, 3.8) is 0 Å². The van der Waals surface area contributed by atoms with Gasteiger partial charge in [-0.3, -0.25) is 9.59 Å². The number of hydrogen-bond donors (Lipinski definition) is 2. The van der Waals surface area contributed by atoms with Crippen LogP contribution in [-0.2, 0) is 22.7 Å². The van der Waals surface area contributed by atoms with Gasteiger partial charge in [-0.1, -0.05) is 59.6 Å². The second kappa shape index (κ2) is 11.3. The number of hydrazone groups is 1. The number of carbonyl (C=O) groups is 2. The molecule has 0 saturated heterocycles. The van der Waals surface area contributed by atoms with Crippen LogP contribution in [0.1, 0.15) is 23.6 Å². The van der Waals surface area contributed by atoms with Gasteiger partial charge in [0.25, 0.3) is 0 Å². The summed E-state index contributed by atoms with van der Waals surface area (Å²) in [5.41, 5.74) is 5.30. The number of nitrogens with one attached hydrogen (secondary N) is 2. The van der Waals surface area contributed by atoms with E-state index in [1.807, 2.05) is 36.4 Å². The van der Waals surface area contributed by atoms with Crippen molar-refractivity contribution in [1.29, 1.82) is 0 Å². The molecule has 3 aromatic carbocycles. The number of benzene rings is 3. The first-order chi connectivity index (χ1) is 15.4. The Hall–Kier alpha value is -3.35. The molecule has 3 rings (SSSR count). The largest absolute Gasteiger partial charge is 0.489 e. The first-order valence-electron chi connectivity index (χ1n) is 9.76. The number of carbonyl (C=O) groups excluding carboxylic acids is 2. The maximum Gasteiger partial charge on any atom is 0.329 e. The molecular formula is C24H21Cl2N3O3. The fourth-order valence-corrected chi connectivity index (χ4v) is 3.16. The number of nitrogens with zero attached hydrogens (tertiary/aromatic N) is 1. The molecule has 0 aliphatic rings. The molecule has 0 aliphatic carbocycles. The van der Waals surface area contributed by atoms with Crippen molar-refractivity contribution in [2.45, 2.75) is 20.1 Å². The predicted molar refractivity (Wildman–Crippen MR) is 126 cm³/mol. The molecule has 0 saturated carbocycles. The molecule has 0 heterocycles. The monoisotopic (exact) mass is 469 g/mol. The average molecular weight is 470 g/mol. The number of halogens is 2. The van der Waals surface area contributed by atoms with Crippen LogP contribution >= 0.6 is 23.2 Å². The van der Waals surface area contributed by atoms with E-state index in [4.69, 9.17) is 27.9 Å². The van der Waals surface area contributed by atoms with Gasteiger partial charge in [-0.05, 0) is 54.4 Å². The molecule has 0 spiro atoms. The van der Waals surface area contributed by atoms with E-state index in [9.17, 15) is 9.59 Å². The van der Waals surface area contributed by atoms with E-state index in [1.165, 1.54) is 0 Å².